The second-order valence-electron chi connectivity index (χ2n) is 7.44. The summed E-state index contributed by atoms with van der Waals surface area (Å²) < 4.78 is 6.87. The normalized spacial score (nSPS) is 19.6. The Morgan fingerprint density at radius 2 is 2.07 bits per heavy atom. The Hall–Kier alpha value is -2.67. The van der Waals surface area contributed by atoms with E-state index < -0.39 is 6.16 Å². The molecule has 0 aliphatic heterocycles. The maximum atomic E-state index is 11.0. The predicted molar refractivity (Wildman–Crippen MR) is 106 cm³/mol. The third kappa shape index (κ3) is 3.94. The molecule has 146 valence electrons. The number of aromatic nitrogens is 4. The summed E-state index contributed by atoms with van der Waals surface area (Å²) in [6, 6.07) is 3.40. The lowest BCUT2D eigenvalue weighted by molar-refractivity contribution is 0.140. The number of fused-ring (bicyclic) bond motifs is 1. The monoisotopic (exact) mass is 400 g/mol. The minimum Gasteiger partial charge on any atom is -0.449 e. The number of rotatable bonds is 4. The van der Waals surface area contributed by atoms with Crippen LogP contribution in [0.4, 0.5) is 4.79 Å². The topological polar surface area (TPSA) is 90.1 Å². The van der Waals surface area contributed by atoms with Gasteiger partial charge in [-0.2, -0.15) is 9.97 Å². The Morgan fingerprint density at radius 3 is 2.79 bits per heavy atom. The van der Waals surface area contributed by atoms with Crippen molar-refractivity contribution in [3.8, 4) is 17.3 Å². The molecule has 0 bridgehead atoms. The number of hydrogen-bond acceptors (Lipinski definition) is 5. The SMILES string of the molecule is CC1CCC(Cn2ccc3nc(OC(=O)O)nc(-c4cncc(Cl)c4)c32)CC1. The molecule has 1 aliphatic rings. The smallest absolute Gasteiger partial charge is 0.449 e. The van der Waals surface area contributed by atoms with E-state index >= 15 is 0 Å². The number of halogens is 1. The van der Waals surface area contributed by atoms with E-state index in [0.717, 1.165) is 18.0 Å². The minimum absolute atomic E-state index is 0.209. The number of pyridine rings is 1. The van der Waals surface area contributed by atoms with Gasteiger partial charge in [-0.05, 0) is 36.8 Å². The molecule has 0 spiro atoms. The number of ether oxygens (including phenoxy) is 1. The van der Waals surface area contributed by atoms with E-state index in [9.17, 15) is 4.79 Å². The van der Waals surface area contributed by atoms with E-state index in [1.807, 2.05) is 12.3 Å². The predicted octanol–water partition coefficient (Wildman–Crippen LogP) is 5.03. The van der Waals surface area contributed by atoms with Gasteiger partial charge in [-0.1, -0.05) is 31.4 Å². The zero-order valence-electron chi connectivity index (χ0n) is 15.5. The molecule has 0 unspecified atom stereocenters. The maximum Gasteiger partial charge on any atom is 0.513 e. The Bertz CT molecular complexity index is 1010. The van der Waals surface area contributed by atoms with Crippen molar-refractivity contribution in [1.82, 2.24) is 19.5 Å². The van der Waals surface area contributed by atoms with Crippen LogP contribution in [0.15, 0.2) is 30.7 Å². The van der Waals surface area contributed by atoms with Gasteiger partial charge in [0, 0.05) is 30.7 Å². The van der Waals surface area contributed by atoms with Crippen LogP contribution in [0.1, 0.15) is 32.6 Å². The van der Waals surface area contributed by atoms with Crippen molar-refractivity contribution in [2.24, 2.45) is 11.8 Å². The van der Waals surface area contributed by atoms with Crippen molar-refractivity contribution in [3.63, 3.8) is 0 Å². The van der Waals surface area contributed by atoms with Crippen molar-refractivity contribution < 1.29 is 14.6 Å². The molecular formula is C20H21ClN4O3. The Kier molecular flexibility index (Phi) is 5.17. The number of hydrogen-bond donors (Lipinski definition) is 1. The van der Waals surface area contributed by atoms with Gasteiger partial charge < -0.3 is 14.4 Å². The first-order valence-electron chi connectivity index (χ1n) is 9.38. The fourth-order valence-corrected chi connectivity index (χ4v) is 4.07. The molecule has 7 nitrogen and oxygen atoms in total. The summed E-state index contributed by atoms with van der Waals surface area (Å²) in [5.74, 6) is 1.40. The van der Waals surface area contributed by atoms with Crippen LogP contribution in [-0.2, 0) is 6.54 Å². The van der Waals surface area contributed by atoms with E-state index in [2.05, 4.69) is 26.4 Å². The Balaban J connectivity index is 1.78. The second-order valence-corrected chi connectivity index (χ2v) is 7.88. The lowest BCUT2D eigenvalue weighted by Crippen LogP contribution is -2.17. The van der Waals surface area contributed by atoms with Gasteiger partial charge in [0.15, 0.2) is 0 Å². The molecule has 1 fully saturated rings. The van der Waals surface area contributed by atoms with Gasteiger partial charge in [0.1, 0.15) is 5.69 Å². The molecule has 3 heterocycles. The van der Waals surface area contributed by atoms with E-state index in [1.165, 1.54) is 25.7 Å². The highest BCUT2D eigenvalue weighted by Crippen LogP contribution is 2.33. The summed E-state index contributed by atoms with van der Waals surface area (Å²) in [6.45, 7) is 3.18. The molecule has 1 aliphatic carbocycles. The summed E-state index contributed by atoms with van der Waals surface area (Å²) in [5.41, 5.74) is 2.71. The third-order valence-electron chi connectivity index (χ3n) is 5.34. The minimum atomic E-state index is -1.45. The van der Waals surface area contributed by atoms with E-state index in [1.54, 1.807) is 18.5 Å². The quantitative estimate of drug-likeness (QED) is 0.617. The van der Waals surface area contributed by atoms with Crippen LogP contribution >= 0.6 is 11.6 Å². The van der Waals surface area contributed by atoms with Crippen LogP contribution in [0.25, 0.3) is 22.3 Å². The van der Waals surface area contributed by atoms with Gasteiger partial charge in [-0.25, -0.2) is 4.79 Å². The fourth-order valence-electron chi connectivity index (χ4n) is 3.89. The van der Waals surface area contributed by atoms with E-state index in [4.69, 9.17) is 21.4 Å². The molecule has 1 N–H and O–H groups in total. The highest BCUT2D eigenvalue weighted by atomic mass is 35.5. The van der Waals surface area contributed by atoms with Crippen LogP contribution in [0.5, 0.6) is 6.01 Å². The lowest BCUT2D eigenvalue weighted by atomic mass is 9.83. The van der Waals surface area contributed by atoms with Gasteiger partial charge in [0.05, 0.1) is 16.1 Å². The molecule has 8 heteroatoms. The average Bonchev–Trinajstić information content (AvgIpc) is 3.05. The first-order chi connectivity index (χ1) is 13.5. The van der Waals surface area contributed by atoms with Gasteiger partial charge in [-0.15, -0.1) is 0 Å². The first-order valence-corrected chi connectivity index (χ1v) is 9.76. The summed E-state index contributed by atoms with van der Waals surface area (Å²) in [7, 11) is 0. The van der Waals surface area contributed by atoms with Crippen LogP contribution in [-0.4, -0.2) is 30.8 Å². The summed E-state index contributed by atoms with van der Waals surface area (Å²) >= 11 is 6.11. The maximum absolute atomic E-state index is 11.0. The molecule has 1 saturated carbocycles. The van der Waals surface area contributed by atoms with E-state index in [0.29, 0.717) is 27.7 Å². The highest BCUT2D eigenvalue weighted by Gasteiger charge is 2.22. The highest BCUT2D eigenvalue weighted by molar-refractivity contribution is 6.30. The summed E-state index contributed by atoms with van der Waals surface area (Å²) in [6.07, 6.45) is 8.63. The Labute approximate surface area is 167 Å². The second kappa shape index (κ2) is 7.75. The molecule has 0 atom stereocenters. The standard InChI is InChI=1S/C20H21ClN4O3/c1-12-2-4-13(5-3-12)11-25-7-6-16-18(25)17(14-8-15(21)10-22-9-14)24-19(23-16)28-20(26)27/h6-10,12-13H,2-5,11H2,1H3,(H,26,27). The van der Waals surface area contributed by atoms with Crippen LogP contribution in [0.3, 0.4) is 0 Å². The molecule has 28 heavy (non-hydrogen) atoms. The van der Waals surface area contributed by atoms with E-state index in [-0.39, 0.29) is 6.01 Å². The molecular weight excluding hydrogens is 380 g/mol. The third-order valence-corrected chi connectivity index (χ3v) is 5.54. The molecule has 0 aromatic carbocycles. The van der Waals surface area contributed by atoms with Gasteiger partial charge in [0.2, 0.25) is 0 Å². The first kappa shape index (κ1) is 18.7. The van der Waals surface area contributed by atoms with Crippen molar-refractivity contribution in [1.29, 1.82) is 0 Å². The van der Waals surface area contributed by atoms with Gasteiger partial charge in [-0.3, -0.25) is 4.98 Å². The molecule has 4 rings (SSSR count). The number of nitrogens with zero attached hydrogens (tertiary/aromatic N) is 4. The van der Waals surface area contributed by atoms with Gasteiger partial charge in [0.25, 0.3) is 0 Å². The molecule has 0 radical (unpaired) electrons. The Morgan fingerprint density at radius 1 is 1.29 bits per heavy atom. The number of carboxylic acid groups (broad SMARTS) is 1. The fraction of sp³-hybridized carbons (Fsp3) is 0.400. The molecule has 0 saturated heterocycles. The number of carbonyl (C=O) groups is 1. The largest absolute Gasteiger partial charge is 0.513 e. The molecule has 0 amide bonds. The van der Waals surface area contributed by atoms with Crippen molar-refractivity contribution in [3.05, 3.63) is 35.7 Å². The van der Waals surface area contributed by atoms with Crippen molar-refractivity contribution in [2.75, 3.05) is 0 Å². The lowest BCUT2D eigenvalue weighted by Gasteiger charge is -2.26. The molecule has 3 aromatic heterocycles. The zero-order chi connectivity index (χ0) is 19.7. The summed E-state index contributed by atoms with van der Waals surface area (Å²) in [4.78, 5) is 23.7. The van der Waals surface area contributed by atoms with Crippen LogP contribution < -0.4 is 4.74 Å². The van der Waals surface area contributed by atoms with Crippen molar-refractivity contribution in [2.45, 2.75) is 39.2 Å². The van der Waals surface area contributed by atoms with Crippen LogP contribution in [0, 0.1) is 11.8 Å². The molecule has 3 aromatic rings. The zero-order valence-corrected chi connectivity index (χ0v) is 16.3. The summed E-state index contributed by atoms with van der Waals surface area (Å²) in [5, 5.41) is 9.42. The van der Waals surface area contributed by atoms with Crippen molar-refractivity contribution >= 4 is 28.8 Å². The average molecular weight is 401 g/mol. The van der Waals surface area contributed by atoms with Gasteiger partial charge >= 0.3 is 12.2 Å². The van der Waals surface area contributed by atoms with Crippen LogP contribution in [0.2, 0.25) is 5.02 Å².